The monoisotopic (exact) mass is 429 g/mol. The summed E-state index contributed by atoms with van der Waals surface area (Å²) < 4.78 is 5.19. The maximum Gasteiger partial charge on any atom is 0.270 e. The second-order valence-electron chi connectivity index (χ2n) is 7.94. The zero-order chi connectivity index (χ0) is 22.3. The topological polar surface area (TPSA) is 94.0 Å². The van der Waals surface area contributed by atoms with E-state index in [0.29, 0.717) is 29.5 Å². The van der Waals surface area contributed by atoms with Crippen molar-refractivity contribution in [2.75, 3.05) is 25.5 Å². The molecule has 3 aromatic rings. The van der Waals surface area contributed by atoms with Crippen molar-refractivity contribution in [2.45, 2.75) is 32.4 Å². The number of benzene rings is 2. The van der Waals surface area contributed by atoms with Gasteiger partial charge < -0.3 is 10.1 Å². The molecule has 0 aliphatic carbocycles. The quantitative estimate of drug-likeness (QED) is 0.591. The molecule has 0 atom stereocenters. The zero-order valence-electron chi connectivity index (χ0n) is 18.2. The van der Waals surface area contributed by atoms with E-state index < -0.39 is 5.56 Å². The van der Waals surface area contributed by atoms with Crippen molar-refractivity contribution in [1.82, 2.24) is 14.9 Å². The summed E-state index contributed by atoms with van der Waals surface area (Å²) in [5.74, 6) is 1.04. The first-order valence-corrected chi connectivity index (χ1v) is 10.9. The highest BCUT2D eigenvalue weighted by Gasteiger charge is 2.15. The fraction of sp³-hybridized carbons (Fsp3) is 0.320. The molecule has 2 heterocycles. The van der Waals surface area contributed by atoms with Crippen molar-refractivity contribution in [3.8, 4) is 23.1 Å². The number of aromatic nitrogens is 2. The van der Waals surface area contributed by atoms with Crippen LogP contribution in [0.5, 0.6) is 5.75 Å². The molecular weight excluding hydrogens is 402 g/mol. The Labute approximate surface area is 187 Å². The second kappa shape index (κ2) is 10.1. The van der Waals surface area contributed by atoms with Crippen LogP contribution in [0.2, 0.25) is 0 Å². The Hall–Kier alpha value is -3.63. The number of anilines is 1. The maximum absolute atomic E-state index is 12.5. The molecule has 0 bridgehead atoms. The third-order valence-electron chi connectivity index (χ3n) is 5.80. The molecule has 0 amide bonds. The van der Waals surface area contributed by atoms with E-state index >= 15 is 0 Å². The molecule has 1 aromatic heterocycles. The zero-order valence-corrected chi connectivity index (χ0v) is 18.2. The molecule has 32 heavy (non-hydrogen) atoms. The molecule has 0 spiro atoms. The second-order valence-corrected chi connectivity index (χ2v) is 7.94. The first-order valence-electron chi connectivity index (χ1n) is 10.9. The molecule has 1 saturated heterocycles. The number of nitrogens with one attached hydrogen (secondary N) is 2. The van der Waals surface area contributed by atoms with Crippen LogP contribution in [0, 0.1) is 11.3 Å². The Balaban J connectivity index is 1.56. The minimum Gasteiger partial charge on any atom is -0.497 e. The fourth-order valence-corrected chi connectivity index (χ4v) is 4.04. The average molecular weight is 430 g/mol. The molecule has 7 heteroatoms. The lowest BCUT2D eigenvalue weighted by Gasteiger charge is -2.27. The van der Waals surface area contributed by atoms with Crippen molar-refractivity contribution in [3.05, 3.63) is 75.6 Å². The molecule has 4 rings (SSSR count). The number of aromatic amines is 1. The van der Waals surface area contributed by atoms with Gasteiger partial charge in [0.2, 0.25) is 5.95 Å². The summed E-state index contributed by atoms with van der Waals surface area (Å²) in [6.07, 6.45) is 3.82. The Morgan fingerprint density at radius 1 is 1.09 bits per heavy atom. The van der Waals surface area contributed by atoms with Crippen LogP contribution in [0.3, 0.4) is 0 Å². The highest BCUT2D eigenvalue weighted by molar-refractivity contribution is 5.67. The number of hydrogen-bond acceptors (Lipinski definition) is 6. The van der Waals surface area contributed by atoms with Gasteiger partial charge in [-0.1, -0.05) is 30.7 Å². The number of nitriles is 1. The van der Waals surface area contributed by atoms with Gasteiger partial charge >= 0.3 is 0 Å². The van der Waals surface area contributed by atoms with Gasteiger partial charge in [-0.2, -0.15) is 5.26 Å². The van der Waals surface area contributed by atoms with Crippen LogP contribution in [-0.4, -0.2) is 35.1 Å². The van der Waals surface area contributed by atoms with Crippen molar-refractivity contribution in [2.24, 2.45) is 0 Å². The van der Waals surface area contributed by atoms with Crippen LogP contribution < -0.4 is 15.6 Å². The van der Waals surface area contributed by atoms with Crippen molar-refractivity contribution < 1.29 is 4.74 Å². The molecule has 1 fully saturated rings. The van der Waals surface area contributed by atoms with E-state index in [1.54, 1.807) is 31.4 Å². The van der Waals surface area contributed by atoms with Gasteiger partial charge in [-0.15, -0.1) is 0 Å². The average Bonchev–Trinajstić information content (AvgIpc) is 2.84. The van der Waals surface area contributed by atoms with Crippen LogP contribution in [0.15, 0.2) is 53.3 Å². The summed E-state index contributed by atoms with van der Waals surface area (Å²) in [6, 6.07) is 17.5. The Bertz CT molecular complexity index is 1160. The molecule has 0 unspecified atom stereocenters. The lowest BCUT2D eigenvalue weighted by atomic mass is 10.0. The minimum atomic E-state index is -0.461. The van der Waals surface area contributed by atoms with E-state index in [9.17, 15) is 10.1 Å². The van der Waals surface area contributed by atoms with Gasteiger partial charge in [0, 0.05) is 18.7 Å². The number of nitrogens with zero attached hydrogens (tertiary/aromatic N) is 3. The van der Waals surface area contributed by atoms with E-state index in [-0.39, 0.29) is 5.56 Å². The number of rotatable bonds is 7. The Morgan fingerprint density at radius 2 is 1.81 bits per heavy atom. The Kier molecular flexibility index (Phi) is 6.83. The highest BCUT2D eigenvalue weighted by Crippen LogP contribution is 2.23. The molecule has 7 nitrogen and oxygen atoms in total. The molecular formula is C25H27N5O2. The summed E-state index contributed by atoms with van der Waals surface area (Å²) in [5, 5.41) is 12.7. The molecule has 1 aliphatic heterocycles. The summed E-state index contributed by atoms with van der Waals surface area (Å²) in [5.41, 5.74) is 3.00. The Morgan fingerprint density at radius 3 is 2.50 bits per heavy atom. The summed E-state index contributed by atoms with van der Waals surface area (Å²) in [6.45, 7) is 3.72. The number of hydrogen-bond donors (Lipinski definition) is 2. The van der Waals surface area contributed by atoms with Crippen LogP contribution in [0.25, 0.3) is 11.3 Å². The molecule has 2 aromatic carbocycles. The lowest BCUT2D eigenvalue weighted by molar-refractivity contribution is 0.220. The molecule has 0 saturated carbocycles. The third-order valence-corrected chi connectivity index (χ3v) is 5.80. The smallest absolute Gasteiger partial charge is 0.270 e. The first kappa shape index (κ1) is 21.6. The largest absolute Gasteiger partial charge is 0.497 e. The summed E-state index contributed by atoms with van der Waals surface area (Å²) in [7, 11) is 1.59. The van der Waals surface area contributed by atoms with Gasteiger partial charge in [0.05, 0.1) is 12.8 Å². The number of likely N-dealkylation sites (tertiary alicyclic amines) is 1. The van der Waals surface area contributed by atoms with Gasteiger partial charge in [0.15, 0.2) is 0 Å². The van der Waals surface area contributed by atoms with Gasteiger partial charge in [-0.3, -0.25) is 14.7 Å². The van der Waals surface area contributed by atoms with E-state index in [1.807, 2.05) is 12.1 Å². The van der Waals surface area contributed by atoms with Crippen LogP contribution in [0.4, 0.5) is 5.95 Å². The number of piperidine rings is 1. The molecule has 164 valence electrons. The molecule has 0 radical (unpaired) electrons. The van der Waals surface area contributed by atoms with Gasteiger partial charge in [0.1, 0.15) is 17.4 Å². The predicted octanol–water partition coefficient (Wildman–Crippen LogP) is 3.92. The van der Waals surface area contributed by atoms with Crippen LogP contribution in [0.1, 0.15) is 36.0 Å². The standard InChI is InChI=1S/C25H27N5O2/c1-32-21-11-9-18(10-12-21)23-22(15-26)24(31)29-25(28-23)27-16-19-7-3-4-8-20(19)17-30-13-5-2-6-14-30/h3-4,7-12H,2,5-6,13-14,16-17H2,1H3,(H2,27,28,29,31). The van der Waals surface area contributed by atoms with Crippen molar-refractivity contribution in [1.29, 1.82) is 5.26 Å². The molecule has 1 aliphatic rings. The molecule has 2 N–H and O–H groups in total. The van der Waals surface area contributed by atoms with E-state index in [1.165, 1.54) is 24.8 Å². The first-order chi connectivity index (χ1) is 15.7. The summed E-state index contributed by atoms with van der Waals surface area (Å²) >= 11 is 0. The fourth-order valence-electron chi connectivity index (χ4n) is 4.04. The van der Waals surface area contributed by atoms with Gasteiger partial charge in [0.25, 0.3) is 5.56 Å². The van der Waals surface area contributed by atoms with E-state index in [2.05, 4.69) is 38.4 Å². The predicted molar refractivity (Wildman–Crippen MR) is 124 cm³/mol. The minimum absolute atomic E-state index is 0.00813. The number of ether oxygens (including phenoxy) is 1. The maximum atomic E-state index is 12.5. The third kappa shape index (κ3) is 4.98. The number of H-pyrrole nitrogens is 1. The summed E-state index contributed by atoms with van der Waals surface area (Å²) in [4.78, 5) is 22.3. The van der Waals surface area contributed by atoms with Crippen molar-refractivity contribution >= 4 is 5.95 Å². The van der Waals surface area contributed by atoms with Crippen LogP contribution >= 0.6 is 0 Å². The number of methoxy groups -OCH3 is 1. The van der Waals surface area contributed by atoms with E-state index in [0.717, 1.165) is 25.2 Å². The highest BCUT2D eigenvalue weighted by atomic mass is 16.5. The SMILES string of the molecule is COc1ccc(-c2nc(NCc3ccccc3CN3CCCCC3)[nH]c(=O)c2C#N)cc1. The van der Waals surface area contributed by atoms with E-state index in [4.69, 9.17) is 4.74 Å². The van der Waals surface area contributed by atoms with Crippen molar-refractivity contribution in [3.63, 3.8) is 0 Å². The normalized spacial score (nSPS) is 14.0. The van der Waals surface area contributed by atoms with Crippen LogP contribution in [-0.2, 0) is 13.1 Å². The lowest BCUT2D eigenvalue weighted by Crippen LogP contribution is -2.29. The van der Waals surface area contributed by atoms with Gasteiger partial charge in [-0.25, -0.2) is 4.98 Å². The van der Waals surface area contributed by atoms with Gasteiger partial charge in [-0.05, 0) is 61.3 Å².